The Balaban J connectivity index is 1.76. The Morgan fingerprint density at radius 1 is 1.30 bits per heavy atom. The highest BCUT2D eigenvalue weighted by atomic mass is 35.5. The minimum absolute atomic E-state index is 0.0455. The van der Waals surface area contributed by atoms with Crippen molar-refractivity contribution in [2.24, 2.45) is 0 Å². The van der Waals surface area contributed by atoms with Crippen molar-refractivity contribution in [2.45, 2.75) is 31.5 Å². The number of carbonyl (C=O) groups is 1. The van der Waals surface area contributed by atoms with E-state index in [4.69, 9.17) is 23.2 Å². The molecule has 0 radical (unpaired) electrons. The van der Waals surface area contributed by atoms with Gasteiger partial charge in [-0.05, 0) is 36.1 Å². The van der Waals surface area contributed by atoms with Crippen LogP contribution in [0.15, 0.2) is 39.6 Å². The molecule has 0 saturated heterocycles. The number of hydrogen-bond acceptors (Lipinski definition) is 5. The van der Waals surface area contributed by atoms with E-state index in [2.05, 4.69) is 17.2 Å². The summed E-state index contributed by atoms with van der Waals surface area (Å²) in [7, 11) is 0. The Bertz CT molecular complexity index is 1030. The van der Waals surface area contributed by atoms with Crippen LogP contribution < -0.4 is 10.9 Å². The highest BCUT2D eigenvalue weighted by Crippen LogP contribution is 2.26. The van der Waals surface area contributed by atoms with Crippen LogP contribution in [0.4, 0.5) is 5.69 Å². The van der Waals surface area contributed by atoms with E-state index in [9.17, 15) is 9.59 Å². The summed E-state index contributed by atoms with van der Waals surface area (Å²) in [5, 5.41) is 5.99. The van der Waals surface area contributed by atoms with Crippen LogP contribution in [-0.4, -0.2) is 21.2 Å². The largest absolute Gasteiger partial charge is 0.325 e. The third-order valence-corrected chi connectivity index (χ3v) is 6.41. The van der Waals surface area contributed by atoms with Gasteiger partial charge in [-0.2, -0.15) is 0 Å². The van der Waals surface area contributed by atoms with Gasteiger partial charge in [0.25, 0.3) is 5.56 Å². The molecule has 0 bridgehead atoms. The number of unbranched alkanes of at least 4 members (excludes halogenated alkanes) is 1. The zero-order valence-electron chi connectivity index (χ0n) is 14.5. The molecule has 142 valence electrons. The number of amides is 1. The van der Waals surface area contributed by atoms with Crippen LogP contribution >= 0.6 is 46.3 Å². The van der Waals surface area contributed by atoms with E-state index in [1.807, 2.05) is 11.4 Å². The number of nitrogens with zero attached hydrogens (tertiary/aromatic N) is 2. The third kappa shape index (κ3) is 4.85. The first-order chi connectivity index (χ1) is 13.0. The van der Waals surface area contributed by atoms with Gasteiger partial charge in [-0.15, -0.1) is 11.3 Å². The van der Waals surface area contributed by atoms with Gasteiger partial charge in [0.1, 0.15) is 4.70 Å². The lowest BCUT2D eigenvalue weighted by molar-refractivity contribution is -0.113. The smallest absolute Gasteiger partial charge is 0.272 e. The molecule has 0 saturated carbocycles. The van der Waals surface area contributed by atoms with Gasteiger partial charge in [-0.3, -0.25) is 14.2 Å². The molecule has 5 nitrogen and oxygen atoms in total. The van der Waals surface area contributed by atoms with E-state index < -0.39 is 0 Å². The molecule has 2 aromatic heterocycles. The number of anilines is 1. The summed E-state index contributed by atoms with van der Waals surface area (Å²) < 4.78 is 2.31. The number of fused-ring (bicyclic) bond motifs is 1. The molecule has 3 aromatic rings. The summed E-state index contributed by atoms with van der Waals surface area (Å²) in [6.45, 7) is 2.66. The normalized spacial score (nSPS) is 11.1. The molecule has 0 unspecified atom stereocenters. The van der Waals surface area contributed by atoms with Gasteiger partial charge in [0.15, 0.2) is 5.16 Å². The molecular weight excluding hydrogens is 425 g/mol. The number of thiophene rings is 1. The Labute approximate surface area is 174 Å². The molecule has 1 amide bonds. The highest BCUT2D eigenvalue weighted by molar-refractivity contribution is 7.99. The molecule has 9 heteroatoms. The number of rotatable bonds is 7. The van der Waals surface area contributed by atoms with E-state index in [1.165, 1.54) is 23.1 Å². The van der Waals surface area contributed by atoms with Gasteiger partial charge in [0, 0.05) is 12.2 Å². The van der Waals surface area contributed by atoms with Crippen molar-refractivity contribution in [3.8, 4) is 0 Å². The van der Waals surface area contributed by atoms with Crippen molar-refractivity contribution in [3.63, 3.8) is 0 Å². The maximum atomic E-state index is 12.7. The lowest BCUT2D eigenvalue weighted by atomic mass is 10.3. The van der Waals surface area contributed by atoms with Gasteiger partial charge < -0.3 is 5.32 Å². The van der Waals surface area contributed by atoms with E-state index >= 15 is 0 Å². The fourth-order valence-electron chi connectivity index (χ4n) is 2.45. The summed E-state index contributed by atoms with van der Waals surface area (Å²) in [4.78, 5) is 29.6. The number of halogens is 2. The Hall–Kier alpha value is -1.54. The number of aromatic nitrogens is 2. The number of carbonyl (C=O) groups excluding carboxylic acids is 1. The van der Waals surface area contributed by atoms with Crippen LogP contribution in [-0.2, 0) is 11.3 Å². The van der Waals surface area contributed by atoms with Crippen molar-refractivity contribution in [2.75, 3.05) is 11.1 Å². The van der Waals surface area contributed by atoms with Gasteiger partial charge >= 0.3 is 0 Å². The predicted octanol–water partition coefficient (Wildman–Crippen LogP) is 5.30. The van der Waals surface area contributed by atoms with Crippen LogP contribution in [0.5, 0.6) is 0 Å². The third-order valence-electron chi connectivity index (χ3n) is 3.80. The van der Waals surface area contributed by atoms with Crippen LogP contribution in [0.2, 0.25) is 10.0 Å². The summed E-state index contributed by atoms with van der Waals surface area (Å²) in [5.74, 6) is -0.0749. The average Bonchev–Trinajstić information content (AvgIpc) is 3.11. The fraction of sp³-hybridized carbons (Fsp3) is 0.278. The molecule has 3 rings (SSSR count). The minimum Gasteiger partial charge on any atom is -0.325 e. The fourth-order valence-corrected chi connectivity index (χ4v) is 4.35. The molecule has 0 fully saturated rings. The quantitative estimate of drug-likeness (QED) is 0.399. The SMILES string of the molecule is CCCCn1c(SCC(=O)Nc2ccc(Cl)c(Cl)c2)nc2ccsc2c1=O. The first kappa shape index (κ1) is 20.2. The molecule has 0 spiro atoms. The molecule has 0 atom stereocenters. The molecule has 2 heterocycles. The monoisotopic (exact) mass is 441 g/mol. The Morgan fingerprint density at radius 2 is 2.11 bits per heavy atom. The molecule has 0 aliphatic carbocycles. The Morgan fingerprint density at radius 3 is 2.85 bits per heavy atom. The van der Waals surface area contributed by atoms with E-state index in [-0.39, 0.29) is 17.2 Å². The lowest BCUT2D eigenvalue weighted by Gasteiger charge is -2.11. The first-order valence-electron chi connectivity index (χ1n) is 8.35. The summed E-state index contributed by atoms with van der Waals surface area (Å²) in [6, 6.07) is 6.73. The number of nitrogens with one attached hydrogen (secondary N) is 1. The number of benzene rings is 1. The van der Waals surface area contributed by atoms with Crippen molar-refractivity contribution in [1.82, 2.24) is 9.55 Å². The van der Waals surface area contributed by atoms with Crippen LogP contribution in [0, 0.1) is 0 Å². The zero-order chi connectivity index (χ0) is 19.4. The van der Waals surface area contributed by atoms with Crippen LogP contribution in [0.3, 0.4) is 0 Å². The maximum Gasteiger partial charge on any atom is 0.272 e. The minimum atomic E-state index is -0.208. The topological polar surface area (TPSA) is 64.0 Å². The second-order valence-corrected chi connectivity index (χ2v) is 8.48. The predicted molar refractivity (Wildman–Crippen MR) is 115 cm³/mol. The van der Waals surface area contributed by atoms with Gasteiger partial charge in [-0.25, -0.2) is 4.98 Å². The van der Waals surface area contributed by atoms with Crippen molar-refractivity contribution < 1.29 is 4.79 Å². The summed E-state index contributed by atoms with van der Waals surface area (Å²) >= 11 is 14.5. The summed E-state index contributed by atoms with van der Waals surface area (Å²) in [5.41, 5.74) is 1.20. The second kappa shape index (κ2) is 9.10. The molecule has 0 aliphatic rings. The van der Waals surface area contributed by atoms with Crippen LogP contribution in [0.25, 0.3) is 10.2 Å². The molecule has 1 aromatic carbocycles. The van der Waals surface area contributed by atoms with E-state index in [1.54, 1.807) is 22.8 Å². The average molecular weight is 442 g/mol. The molecule has 0 aliphatic heterocycles. The summed E-state index contributed by atoms with van der Waals surface area (Å²) in [6.07, 6.45) is 1.85. The van der Waals surface area contributed by atoms with Crippen molar-refractivity contribution >= 4 is 68.1 Å². The lowest BCUT2D eigenvalue weighted by Crippen LogP contribution is -2.23. The first-order valence-corrected chi connectivity index (χ1v) is 11.0. The van der Waals surface area contributed by atoms with Gasteiger partial charge in [-0.1, -0.05) is 48.3 Å². The Kier molecular flexibility index (Phi) is 6.81. The molecule has 1 N–H and O–H groups in total. The maximum absolute atomic E-state index is 12.7. The highest BCUT2D eigenvalue weighted by Gasteiger charge is 2.14. The molecular formula is C18H17Cl2N3O2S2. The van der Waals surface area contributed by atoms with Gasteiger partial charge in [0.05, 0.1) is 21.3 Å². The van der Waals surface area contributed by atoms with Crippen molar-refractivity contribution in [1.29, 1.82) is 0 Å². The van der Waals surface area contributed by atoms with Gasteiger partial charge in [0.2, 0.25) is 5.91 Å². The second-order valence-electron chi connectivity index (χ2n) is 5.81. The zero-order valence-corrected chi connectivity index (χ0v) is 17.6. The molecule has 27 heavy (non-hydrogen) atoms. The van der Waals surface area contributed by atoms with Crippen molar-refractivity contribution in [3.05, 3.63) is 50.0 Å². The number of thioether (sulfide) groups is 1. The number of hydrogen-bond donors (Lipinski definition) is 1. The van der Waals surface area contributed by atoms with E-state index in [0.717, 1.165) is 12.8 Å². The van der Waals surface area contributed by atoms with Crippen LogP contribution in [0.1, 0.15) is 19.8 Å². The van der Waals surface area contributed by atoms with E-state index in [0.29, 0.717) is 37.7 Å². The standard InChI is InChI=1S/C18H17Cl2N3O2S2/c1-2-3-7-23-17(25)16-14(6-8-26-16)22-18(23)27-10-15(24)21-11-4-5-12(19)13(20)9-11/h4-6,8-9H,2-3,7,10H2,1H3,(H,21,24).